The fourth-order valence-corrected chi connectivity index (χ4v) is 0. The van der Waals surface area contributed by atoms with Gasteiger partial charge in [0.05, 0.1) is 6.07 Å². The van der Waals surface area contributed by atoms with Gasteiger partial charge in [-0.15, -0.1) is 0 Å². The van der Waals surface area contributed by atoms with Crippen molar-refractivity contribution >= 4 is 16.8 Å². The lowest BCUT2D eigenvalue weighted by Gasteiger charge is -1.70. The van der Waals surface area contributed by atoms with Crippen molar-refractivity contribution in [2.24, 2.45) is 5.73 Å². The topological polar surface area (TPSA) is 49.8 Å². The van der Waals surface area contributed by atoms with Gasteiger partial charge in [-0.05, 0) is 13.0 Å². The van der Waals surface area contributed by atoms with E-state index in [1.165, 1.54) is 0 Å². The molecule has 0 saturated carbocycles. The summed E-state index contributed by atoms with van der Waals surface area (Å²) in [6.45, 7) is 4.69. The molecular weight excluding hydrogens is 122 g/mol. The predicted molar refractivity (Wildman–Crippen MR) is 46.8 cm³/mol. The van der Waals surface area contributed by atoms with Crippen LogP contribution in [0.25, 0.3) is 0 Å². The average molecular weight is 136 g/mol. The summed E-state index contributed by atoms with van der Waals surface area (Å²) >= 11 is 0. The van der Waals surface area contributed by atoms with Crippen molar-refractivity contribution in [3.63, 3.8) is 0 Å². The van der Waals surface area contributed by atoms with E-state index in [1.807, 2.05) is 13.0 Å². The summed E-state index contributed by atoms with van der Waals surface area (Å²) in [4.78, 5) is 0. The normalized spacial score (nSPS) is 5.00. The van der Waals surface area contributed by atoms with Crippen LogP contribution < -0.4 is 5.73 Å². The highest BCUT2D eigenvalue weighted by atomic mass is 14.5. The Morgan fingerprint density at radius 2 is 1.50 bits per heavy atom. The number of hydrogen-bond acceptors (Lipinski definition) is 2. The summed E-state index contributed by atoms with van der Waals surface area (Å²) in [7, 11) is 0. The molecule has 6 radical (unpaired) electrons. The second kappa shape index (κ2) is 38.5. The van der Waals surface area contributed by atoms with E-state index in [4.69, 9.17) is 11.0 Å². The first-order valence-electron chi connectivity index (χ1n) is 2.90. The highest BCUT2D eigenvalue weighted by Gasteiger charge is 1.55. The SMILES string of the molecule is CCC#N.CCCN.[B].[B]. The summed E-state index contributed by atoms with van der Waals surface area (Å²) in [5, 5.41) is 7.62. The van der Waals surface area contributed by atoms with Gasteiger partial charge in [0.2, 0.25) is 0 Å². The van der Waals surface area contributed by atoms with Crippen LogP contribution in [0, 0.1) is 11.3 Å². The van der Waals surface area contributed by atoms with Crippen LogP contribution in [-0.4, -0.2) is 23.4 Å². The Hall–Kier alpha value is -0.420. The predicted octanol–water partition coefficient (Wildman–Crippen LogP) is 0.513. The third-order valence-corrected chi connectivity index (χ3v) is 0.447. The van der Waals surface area contributed by atoms with Gasteiger partial charge in [-0.25, -0.2) is 0 Å². The minimum absolute atomic E-state index is 0. The van der Waals surface area contributed by atoms with Crippen LogP contribution in [-0.2, 0) is 0 Å². The number of nitrogens with two attached hydrogens (primary N) is 1. The molecule has 0 bridgehead atoms. The number of nitrogens with zero attached hydrogens (tertiary/aromatic N) is 1. The minimum Gasteiger partial charge on any atom is -0.330 e. The minimum atomic E-state index is 0. The van der Waals surface area contributed by atoms with Crippen LogP contribution >= 0.6 is 0 Å². The van der Waals surface area contributed by atoms with Crippen LogP contribution in [0.15, 0.2) is 0 Å². The summed E-state index contributed by atoms with van der Waals surface area (Å²) in [6, 6.07) is 1.93. The molecular formula is C6H14B2N2. The van der Waals surface area contributed by atoms with Crippen LogP contribution in [0.1, 0.15) is 26.7 Å². The van der Waals surface area contributed by atoms with E-state index in [2.05, 4.69) is 6.92 Å². The molecule has 0 aromatic rings. The Bertz CT molecular complexity index is 59.3. The summed E-state index contributed by atoms with van der Waals surface area (Å²) in [5.41, 5.74) is 5.03. The average Bonchev–Trinajstić information content (AvgIpc) is 1.88. The first-order chi connectivity index (χ1) is 3.83. The zero-order chi connectivity index (χ0) is 6.83. The smallest absolute Gasteiger partial charge is 0.0618 e. The van der Waals surface area contributed by atoms with Crippen LogP contribution in [0.2, 0.25) is 0 Å². The molecule has 0 atom stereocenters. The first kappa shape index (κ1) is 22.7. The second-order valence-electron chi connectivity index (χ2n) is 1.30. The molecule has 0 fully saturated rings. The van der Waals surface area contributed by atoms with E-state index in [1.54, 1.807) is 0 Å². The molecule has 0 aromatic heterocycles. The van der Waals surface area contributed by atoms with E-state index in [-0.39, 0.29) is 16.8 Å². The molecule has 54 valence electrons. The molecule has 0 aromatic carbocycles. The van der Waals surface area contributed by atoms with Crippen molar-refractivity contribution in [1.29, 1.82) is 5.26 Å². The van der Waals surface area contributed by atoms with E-state index < -0.39 is 0 Å². The van der Waals surface area contributed by atoms with Gasteiger partial charge in [-0.1, -0.05) is 13.8 Å². The number of hydrogen-bond donors (Lipinski definition) is 1. The Balaban J connectivity index is -0.0000000300. The maximum atomic E-state index is 7.62. The summed E-state index contributed by atoms with van der Waals surface area (Å²) in [5.74, 6) is 0. The van der Waals surface area contributed by atoms with Gasteiger partial charge in [0.1, 0.15) is 0 Å². The lowest BCUT2D eigenvalue weighted by molar-refractivity contribution is 0.932. The van der Waals surface area contributed by atoms with Crippen molar-refractivity contribution in [2.75, 3.05) is 6.54 Å². The van der Waals surface area contributed by atoms with Gasteiger partial charge in [0.25, 0.3) is 0 Å². The van der Waals surface area contributed by atoms with E-state index in [0.29, 0.717) is 6.42 Å². The van der Waals surface area contributed by atoms with Crippen LogP contribution in [0.4, 0.5) is 0 Å². The molecule has 0 heterocycles. The molecule has 0 spiro atoms. The fourth-order valence-electron chi connectivity index (χ4n) is 0. The Labute approximate surface area is 67.9 Å². The van der Waals surface area contributed by atoms with Crippen LogP contribution in [0.3, 0.4) is 0 Å². The zero-order valence-electron chi connectivity index (χ0n) is 6.80. The van der Waals surface area contributed by atoms with Gasteiger partial charge < -0.3 is 5.73 Å². The van der Waals surface area contributed by atoms with Crippen molar-refractivity contribution in [1.82, 2.24) is 0 Å². The number of nitriles is 1. The standard InChI is InChI=1S/C3H9N.C3H5N.2B/c2*1-2-3-4;;/h2-4H2,1H3;2H2,1H3;;. The lowest BCUT2D eigenvalue weighted by atomic mass is 10.5. The molecule has 0 amide bonds. The maximum Gasteiger partial charge on any atom is 0.0618 e. The Morgan fingerprint density at radius 3 is 1.50 bits per heavy atom. The Kier molecular flexibility index (Phi) is 87.1. The maximum absolute atomic E-state index is 7.62. The molecule has 0 unspecified atom stereocenters. The fraction of sp³-hybridized carbons (Fsp3) is 0.833. The van der Waals surface area contributed by atoms with E-state index >= 15 is 0 Å². The van der Waals surface area contributed by atoms with E-state index in [0.717, 1.165) is 13.0 Å². The second-order valence-corrected chi connectivity index (χ2v) is 1.30. The van der Waals surface area contributed by atoms with E-state index in [9.17, 15) is 0 Å². The summed E-state index contributed by atoms with van der Waals surface area (Å²) < 4.78 is 0. The molecule has 2 nitrogen and oxygen atoms in total. The van der Waals surface area contributed by atoms with Crippen molar-refractivity contribution in [3.8, 4) is 6.07 Å². The number of rotatable bonds is 1. The van der Waals surface area contributed by atoms with Gasteiger partial charge in [-0.3, -0.25) is 0 Å². The van der Waals surface area contributed by atoms with Crippen molar-refractivity contribution < 1.29 is 0 Å². The molecule has 0 aliphatic heterocycles. The quantitative estimate of drug-likeness (QED) is 0.533. The lowest BCUT2D eigenvalue weighted by Crippen LogP contribution is -1.93. The molecule has 4 heteroatoms. The molecule has 10 heavy (non-hydrogen) atoms. The van der Waals surface area contributed by atoms with Gasteiger partial charge >= 0.3 is 0 Å². The van der Waals surface area contributed by atoms with Gasteiger partial charge in [0.15, 0.2) is 0 Å². The third-order valence-electron chi connectivity index (χ3n) is 0.447. The largest absolute Gasteiger partial charge is 0.330 e. The zero-order valence-corrected chi connectivity index (χ0v) is 6.80. The molecule has 0 aliphatic rings. The first-order valence-corrected chi connectivity index (χ1v) is 2.90. The molecule has 0 saturated heterocycles. The van der Waals surface area contributed by atoms with Crippen molar-refractivity contribution in [3.05, 3.63) is 0 Å². The van der Waals surface area contributed by atoms with Crippen LogP contribution in [0.5, 0.6) is 0 Å². The summed E-state index contributed by atoms with van der Waals surface area (Å²) in [6.07, 6.45) is 1.72. The highest BCUT2D eigenvalue weighted by molar-refractivity contribution is 5.76. The third kappa shape index (κ3) is 131. The molecule has 0 rings (SSSR count). The molecule has 0 aliphatic carbocycles. The van der Waals surface area contributed by atoms with Crippen molar-refractivity contribution in [2.45, 2.75) is 26.7 Å². The monoisotopic (exact) mass is 136 g/mol. The molecule has 2 N–H and O–H groups in total. The van der Waals surface area contributed by atoms with Gasteiger partial charge in [-0.2, -0.15) is 5.26 Å². The Morgan fingerprint density at radius 1 is 1.30 bits per heavy atom. The van der Waals surface area contributed by atoms with Gasteiger partial charge in [0, 0.05) is 23.2 Å². The highest BCUT2D eigenvalue weighted by Crippen LogP contribution is 1.58.